The first kappa shape index (κ1) is 28.0. The number of carbonyl (C=O) groups excluding carboxylic acids is 2. The Morgan fingerprint density at radius 1 is 0.795 bits per heavy atom. The van der Waals surface area contributed by atoms with Crippen LogP contribution in [0, 0.1) is 0 Å². The molecule has 1 amide bonds. The van der Waals surface area contributed by atoms with Gasteiger partial charge in [0.15, 0.2) is 0 Å². The largest absolute Gasteiger partial charge is 0.460 e. The number of amides is 1. The van der Waals surface area contributed by atoms with Gasteiger partial charge in [0.1, 0.15) is 18.2 Å². The molecule has 0 saturated carbocycles. The Kier molecular flexibility index (Phi) is 7.66. The third-order valence-electron chi connectivity index (χ3n) is 6.15. The lowest BCUT2D eigenvalue weighted by Crippen LogP contribution is -2.33. The van der Waals surface area contributed by atoms with Crippen molar-refractivity contribution >= 4 is 39.4 Å². The molecule has 0 bridgehead atoms. The van der Waals surface area contributed by atoms with Crippen LogP contribution in [0.3, 0.4) is 0 Å². The fourth-order valence-corrected chi connectivity index (χ4v) is 4.63. The average molecular weight is 530 g/mol. The first-order valence-corrected chi connectivity index (χ1v) is 13.0. The van der Waals surface area contributed by atoms with E-state index in [4.69, 9.17) is 9.47 Å². The maximum absolute atomic E-state index is 12.6. The molecule has 0 unspecified atom stereocenters. The molecule has 1 heterocycles. The Morgan fingerprint density at radius 3 is 2.03 bits per heavy atom. The SMILES string of the molecule is C[n+]1c(-c2ccc(CO)cc2)c2cc(CC(=O)OC(C)(C)C)ccc2c2ccc(NC(=O)OC(C)(C)C)cc21. The molecule has 7 nitrogen and oxygen atoms in total. The molecule has 0 fully saturated rings. The number of benzene rings is 3. The molecule has 0 aliphatic carbocycles. The van der Waals surface area contributed by atoms with Crippen LogP contribution < -0.4 is 9.88 Å². The van der Waals surface area contributed by atoms with E-state index in [9.17, 15) is 14.7 Å². The Balaban J connectivity index is 1.87. The van der Waals surface area contributed by atoms with Crippen LogP contribution >= 0.6 is 0 Å². The number of aryl methyl sites for hydroxylation is 1. The minimum absolute atomic E-state index is 0.0371. The van der Waals surface area contributed by atoms with Crippen molar-refractivity contribution in [2.45, 2.75) is 65.8 Å². The normalized spacial score (nSPS) is 12.0. The van der Waals surface area contributed by atoms with E-state index in [1.54, 1.807) is 0 Å². The van der Waals surface area contributed by atoms with Crippen LogP contribution in [-0.2, 0) is 34.3 Å². The van der Waals surface area contributed by atoms with E-state index in [0.29, 0.717) is 5.69 Å². The van der Waals surface area contributed by atoms with Crippen LogP contribution in [0.2, 0.25) is 0 Å². The van der Waals surface area contributed by atoms with Crippen LogP contribution in [-0.4, -0.2) is 28.4 Å². The molecule has 4 aromatic rings. The second-order valence-corrected chi connectivity index (χ2v) is 11.8. The summed E-state index contributed by atoms with van der Waals surface area (Å²) in [6.07, 6.45) is -0.353. The predicted octanol–water partition coefficient (Wildman–Crippen LogP) is 6.21. The van der Waals surface area contributed by atoms with E-state index in [2.05, 4.69) is 9.88 Å². The maximum Gasteiger partial charge on any atom is 0.412 e. The van der Waals surface area contributed by atoms with Gasteiger partial charge in [-0.05, 0) is 83.0 Å². The van der Waals surface area contributed by atoms with E-state index in [1.165, 1.54) is 0 Å². The van der Waals surface area contributed by atoms with Crippen molar-refractivity contribution in [3.8, 4) is 11.3 Å². The highest BCUT2D eigenvalue weighted by Gasteiger charge is 2.24. The summed E-state index contributed by atoms with van der Waals surface area (Å²) in [5, 5.41) is 15.4. The number of aliphatic hydroxyl groups is 1. The highest BCUT2D eigenvalue weighted by molar-refractivity contribution is 6.10. The van der Waals surface area contributed by atoms with Crippen LogP contribution in [0.4, 0.5) is 10.5 Å². The van der Waals surface area contributed by atoms with Gasteiger partial charge in [-0.15, -0.1) is 0 Å². The lowest BCUT2D eigenvalue weighted by atomic mass is 9.96. The molecule has 0 aliphatic heterocycles. The summed E-state index contributed by atoms with van der Waals surface area (Å²) < 4.78 is 13.1. The monoisotopic (exact) mass is 529 g/mol. The van der Waals surface area contributed by atoms with Crippen molar-refractivity contribution in [1.82, 2.24) is 0 Å². The number of hydrogen-bond donors (Lipinski definition) is 2. The molecule has 1 aromatic heterocycles. The summed E-state index contributed by atoms with van der Waals surface area (Å²) in [5.74, 6) is -0.279. The number of nitrogens with zero attached hydrogens (tertiary/aromatic N) is 1. The number of esters is 1. The van der Waals surface area contributed by atoms with Gasteiger partial charge in [0.2, 0.25) is 11.2 Å². The smallest absolute Gasteiger partial charge is 0.412 e. The molecule has 0 atom stereocenters. The lowest BCUT2D eigenvalue weighted by Gasteiger charge is -2.20. The number of ether oxygens (including phenoxy) is 2. The lowest BCUT2D eigenvalue weighted by molar-refractivity contribution is -0.632. The summed E-state index contributed by atoms with van der Waals surface area (Å²) in [6, 6.07) is 19.6. The molecule has 204 valence electrons. The number of nitrogens with one attached hydrogen (secondary N) is 1. The molecule has 3 aromatic carbocycles. The molecule has 0 spiro atoms. The summed E-state index contributed by atoms with van der Waals surface area (Å²) in [6.45, 7) is 11.0. The van der Waals surface area contributed by atoms with E-state index in [1.807, 2.05) is 109 Å². The molecule has 0 radical (unpaired) electrons. The zero-order chi connectivity index (χ0) is 28.5. The number of aromatic nitrogens is 1. The Bertz CT molecular complexity index is 1540. The van der Waals surface area contributed by atoms with Gasteiger partial charge in [-0.25, -0.2) is 4.79 Å². The third kappa shape index (κ3) is 6.73. The quantitative estimate of drug-likeness (QED) is 0.182. The number of hydrogen-bond acceptors (Lipinski definition) is 5. The fourth-order valence-electron chi connectivity index (χ4n) is 4.63. The van der Waals surface area contributed by atoms with Gasteiger partial charge in [0, 0.05) is 17.0 Å². The zero-order valence-corrected chi connectivity index (χ0v) is 23.7. The molecule has 7 heteroatoms. The third-order valence-corrected chi connectivity index (χ3v) is 6.15. The van der Waals surface area contributed by atoms with Gasteiger partial charge in [-0.1, -0.05) is 24.3 Å². The molecular formula is C32H37N2O5+. The first-order valence-electron chi connectivity index (χ1n) is 13.0. The van der Waals surface area contributed by atoms with E-state index in [-0.39, 0.29) is 19.0 Å². The molecule has 2 N–H and O–H groups in total. The van der Waals surface area contributed by atoms with Crippen molar-refractivity contribution < 1.29 is 28.7 Å². The number of fused-ring (bicyclic) bond motifs is 3. The Labute approximate surface area is 229 Å². The Hall–Kier alpha value is -3.97. The van der Waals surface area contributed by atoms with Crippen LogP contribution in [0.15, 0.2) is 60.7 Å². The average Bonchev–Trinajstić information content (AvgIpc) is 2.82. The topological polar surface area (TPSA) is 88.7 Å². The molecule has 4 rings (SSSR count). The van der Waals surface area contributed by atoms with Crippen molar-refractivity contribution in [1.29, 1.82) is 0 Å². The molecule has 0 aliphatic rings. The number of anilines is 1. The van der Waals surface area contributed by atoms with Crippen molar-refractivity contribution in [3.05, 3.63) is 71.8 Å². The number of aliphatic hydroxyl groups excluding tert-OH is 1. The maximum atomic E-state index is 12.6. The van der Waals surface area contributed by atoms with Crippen molar-refractivity contribution in [2.75, 3.05) is 5.32 Å². The molecule has 0 saturated heterocycles. The predicted molar refractivity (Wildman–Crippen MR) is 153 cm³/mol. The van der Waals surface area contributed by atoms with Gasteiger partial charge in [-0.3, -0.25) is 10.1 Å². The van der Waals surface area contributed by atoms with Gasteiger partial charge >= 0.3 is 12.1 Å². The van der Waals surface area contributed by atoms with Gasteiger partial charge in [0.25, 0.3) is 0 Å². The molecule has 39 heavy (non-hydrogen) atoms. The second kappa shape index (κ2) is 10.7. The minimum atomic E-state index is -0.604. The highest BCUT2D eigenvalue weighted by Crippen LogP contribution is 2.33. The van der Waals surface area contributed by atoms with Crippen LogP contribution in [0.5, 0.6) is 0 Å². The van der Waals surface area contributed by atoms with E-state index >= 15 is 0 Å². The van der Waals surface area contributed by atoms with E-state index in [0.717, 1.165) is 44.1 Å². The molecular weight excluding hydrogens is 492 g/mol. The van der Waals surface area contributed by atoms with Crippen molar-refractivity contribution in [3.63, 3.8) is 0 Å². The Morgan fingerprint density at radius 2 is 1.41 bits per heavy atom. The number of rotatable bonds is 5. The van der Waals surface area contributed by atoms with E-state index < -0.39 is 17.3 Å². The minimum Gasteiger partial charge on any atom is -0.460 e. The van der Waals surface area contributed by atoms with Crippen molar-refractivity contribution in [2.24, 2.45) is 7.05 Å². The summed E-state index contributed by atoms with van der Waals surface area (Å²) >= 11 is 0. The number of carbonyl (C=O) groups is 2. The summed E-state index contributed by atoms with van der Waals surface area (Å²) in [7, 11) is 1.98. The van der Waals surface area contributed by atoms with Gasteiger partial charge in [-0.2, -0.15) is 4.57 Å². The fraction of sp³-hybridized carbons (Fsp3) is 0.344. The first-order chi connectivity index (χ1) is 18.2. The number of pyridine rings is 1. The standard InChI is InChI=1S/C32H36N2O5/c1-31(2,3)38-28(36)17-21-10-14-24-25-15-13-23(33-30(37)39-32(4,5)6)18-27(25)34(7)29(26(24)16-21)22-11-8-20(19-35)9-12-22/h8-16,18,35H,17,19H2,1-7H3/p+1. The highest BCUT2D eigenvalue weighted by atomic mass is 16.6. The summed E-state index contributed by atoms with van der Waals surface area (Å²) in [5.41, 5.74) is 3.96. The zero-order valence-electron chi connectivity index (χ0n) is 23.7. The van der Waals surface area contributed by atoms with Crippen LogP contribution in [0.25, 0.3) is 32.9 Å². The second-order valence-electron chi connectivity index (χ2n) is 11.8. The van der Waals surface area contributed by atoms with Gasteiger partial charge in [0.05, 0.1) is 29.5 Å². The van der Waals surface area contributed by atoms with Crippen LogP contribution in [0.1, 0.15) is 52.7 Å². The van der Waals surface area contributed by atoms with Gasteiger partial charge < -0.3 is 14.6 Å². The summed E-state index contributed by atoms with van der Waals surface area (Å²) in [4.78, 5) is 25.0.